The fourth-order valence-corrected chi connectivity index (χ4v) is 5.84. The largest absolute Gasteiger partial charge is 0.335 e. The van der Waals surface area contributed by atoms with E-state index in [1.54, 1.807) is 0 Å². The van der Waals surface area contributed by atoms with Gasteiger partial charge in [0.05, 0.1) is 29.7 Å². The number of urea groups is 1. The van der Waals surface area contributed by atoms with Crippen molar-refractivity contribution in [1.82, 2.24) is 24.6 Å². The van der Waals surface area contributed by atoms with Crippen LogP contribution >= 0.6 is 0 Å². The molecule has 0 bridgehead atoms. The van der Waals surface area contributed by atoms with E-state index in [0.717, 1.165) is 46.9 Å². The Kier molecular flexibility index (Phi) is 5.88. The van der Waals surface area contributed by atoms with Gasteiger partial charge in [0.25, 0.3) is 0 Å². The van der Waals surface area contributed by atoms with Gasteiger partial charge in [-0.3, -0.25) is 0 Å². The molecule has 3 heterocycles. The van der Waals surface area contributed by atoms with Crippen molar-refractivity contribution in [3.05, 3.63) is 101 Å². The lowest BCUT2D eigenvalue weighted by molar-refractivity contribution is 0.173. The number of benzene rings is 2. The fourth-order valence-electron chi connectivity index (χ4n) is 5.84. The van der Waals surface area contributed by atoms with Gasteiger partial charge in [0.2, 0.25) is 0 Å². The predicted molar refractivity (Wildman–Crippen MR) is 142 cm³/mol. The van der Waals surface area contributed by atoms with Gasteiger partial charge in [-0.2, -0.15) is 5.10 Å². The maximum atomic E-state index is 14.0. The maximum Gasteiger partial charge on any atom is 0.318 e. The molecule has 1 saturated carbocycles. The monoisotopic (exact) mass is 479 g/mol. The van der Waals surface area contributed by atoms with Gasteiger partial charge in [0.15, 0.2) is 0 Å². The van der Waals surface area contributed by atoms with Gasteiger partial charge >= 0.3 is 6.03 Å². The highest BCUT2D eigenvalue weighted by Crippen LogP contribution is 2.38. The molecule has 1 fully saturated rings. The molecule has 0 saturated heterocycles. The molecule has 1 N–H and O–H groups in total. The van der Waals surface area contributed by atoms with Crippen LogP contribution in [-0.2, 0) is 6.54 Å². The summed E-state index contributed by atoms with van der Waals surface area (Å²) in [7, 11) is 0. The number of nitrogens with one attached hydrogen (secondary N) is 1. The van der Waals surface area contributed by atoms with E-state index in [9.17, 15) is 4.79 Å². The number of carbonyl (C=O) groups is 1. The summed E-state index contributed by atoms with van der Waals surface area (Å²) in [5, 5.41) is 8.33. The van der Waals surface area contributed by atoms with Crippen molar-refractivity contribution >= 4 is 6.03 Å². The number of fused-ring (bicyclic) bond motifs is 3. The molecule has 1 unspecified atom stereocenters. The number of hydrogen-bond acceptors (Lipinski definition) is 2. The van der Waals surface area contributed by atoms with Crippen LogP contribution in [0.3, 0.4) is 0 Å². The van der Waals surface area contributed by atoms with E-state index in [1.807, 2.05) is 34.7 Å². The van der Waals surface area contributed by atoms with Crippen LogP contribution in [0.25, 0.3) is 11.5 Å². The van der Waals surface area contributed by atoms with Crippen molar-refractivity contribution in [2.45, 2.75) is 64.6 Å². The zero-order valence-corrected chi connectivity index (χ0v) is 21.0. The highest BCUT2D eigenvalue weighted by molar-refractivity contribution is 5.76. The van der Waals surface area contributed by atoms with Crippen LogP contribution in [0.1, 0.15) is 66.2 Å². The van der Waals surface area contributed by atoms with Crippen molar-refractivity contribution < 1.29 is 4.79 Å². The molecular formula is C30H33N5O. The molecule has 2 aromatic carbocycles. The van der Waals surface area contributed by atoms with E-state index < -0.39 is 0 Å². The number of carbonyl (C=O) groups excluding carboxylic acids is 1. The zero-order chi connectivity index (χ0) is 24.6. The van der Waals surface area contributed by atoms with Gasteiger partial charge < -0.3 is 14.8 Å². The second-order valence-corrected chi connectivity index (χ2v) is 10.2. The summed E-state index contributed by atoms with van der Waals surface area (Å²) in [4.78, 5) is 16.0. The highest BCUT2D eigenvalue weighted by atomic mass is 16.2. The van der Waals surface area contributed by atoms with Gasteiger partial charge in [-0.05, 0) is 56.5 Å². The molecule has 184 valence electrons. The van der Waals surface area contributed by atoms with Crippen LogP contribution in [0.2, 0.25) is 0 Å². The summed E-state index contributed by atoms with van der Waals surface area (Å²) in [5.41, 5.74) is 6.39. The number of amides is 2. The third kappa shape index (κ3) is 4.00. The summed E-state index contributed by atoms with van der Waals surface area (Å²) in [6.07, 6.45) is 7.84. The van der Waals surface area contributed by atoms with E-state index >= 15 is 0 Å². The van der Waals surface area contributed by atoms with Crippen molar-refractivity contribution in [2.75, 3.05) is 0 Å². The van der Waals surface area contributed by atoms with Crippen molar-refractivity contribution in [3.63, 3.8) is 0 Å². The molecule has 6 nitrogen and oxygen atoms in total. The van der Waals surface area contributed by atoms with Crippen LogP contribution in [0.4, 0.5) is 4.79 Å². The minimum absolute atomic E-state index is 0.000803. The Labute approximate surface area is 212 Å². The lowest BCUT2D eigenvalue weighted by Crippen LogP contribution is -2.46. The summed E-state index contributed by atoms with van der Waals surface area (Å²) >= 11 is 0. The Hall–Kier alpha value is -3.80. The molecular weight excluding hydrogens is 446 g/mol. The minimum Gasteiger partial charge on any atom is -0.335 e. The number of rotatable bonds is 3. The van der Waals surface area contributed by atoms with Gasteiger partial charge in [-0.25, -0.2) is 9.48 Å². The molecule has 1 aliphatic carbocycles. The fraction of sp³-hybridized carbons (Fsp3) is 0.333. The predicted octanol–water partition coefficient (Wildman–Crippen LogP) is 6.23. The van der Waals surface area contributed by atoms with Crippen LogP contribution in [-0.4, -0.2) is 31.3 Å². The second kappa shape index (κ2) is 9.34. The average molecular weight is 480 g/mol. The summed E-state index contributed by atoms with van der Waals surface area (Å²) in [6, 6.07) is 23.0. The molecule has 1 aliphatic heterocycles. The van der Waals surface area contributed by atoms with E-state index in [4.69, 9.17) is 5.10 Å². The molecule has 0 radical (unpaired) electrons. The van der Waals surface area contributed by atoms with Gasteiger partial charge in [-0.15, -0.1) is 0 Å². The second-order valence-electron chi connectivity index (χ2n) is 10.2. The molecule has 36 heavy (non-hydrogen) atoms. The van der Waals surface area contributed by atoms with Crippen LogP contribution in [0, 0.1) is 13.8 Å². The molecule has 1 atom stereocenters. The SMILES string of the molecule is Cc1cccc(C2c3cccn3-c3c(c(C)nn3-c3ccccc3)CN2C(=O)NC2CCCCC2)c1. The summed E-state index contributed by atoms with van der Waals surface area (Å²) < 4.78 is 4.24. The number of nitrogens with zero attached hydrogens (tertiary/aromatic N) is 4. The van der Waals surface area contributed by atoms with Crippen LogP contribution in [0.5, 0.6) is 0 Å². The van der Waals surface area contributed by atoms with Crippen molar-refractivity contribution in [2.24, 2.45) is 0 Å². The Balaban J connectivity index is 1.51. The Morgan fingerprint density at radius 2 is 1.75 bits per heavy atom. The molecule has 0 spiro atoms. The average Bonchev–Trinajstić information content (AvgIpc) is 3.45. The van der Waals surface area contributed by atoms with E-state index in [1.165, 1.54) is 24.8 Å². The Morgan fingerprint density at radius 1 is 0.944 bits per heavy atom. The highest BCUT2D eigenvalue weighted by Gasteiger charge is 2.36. The van der Waals surface area contributed by atoms with Gasteiger partial charge in [0.1, 0.15) is 5.82 Å². The van der Waals surface area contributed by atoms with E-state index in [-0.39, 0.29) is 18.1 Å². The summed E-state index contributed by atoms with van der Waals surface area (Å²) in [6.45, 7) is 4.65. The topological polar surface area (TPSA) is 55.1 Å². The van der Waals surface area contributed by atoms with Crippen molar-refractivity contribution in [3.8, 4) is 11.5 Å². The first-order chi connectivity index (χ1) is 17.6. The molecule has 6 heteroatoms. The molecule has 6 rings (SSSR count). The van der Waals surface area contributed by atoms with Crippen LogP contribution < -0.4 is 5.32 Å². The van der Waals surface area contributed by atoms with Crippen LogP contribution in [0.15, 0.2) is 72.9 Å². The van der Waals surface area contributed by atoms with E-state index in [0.29, 0.717) is 6.54 Å². The lowest BCUT2D eigenvalue weighted by atomic mass is 9.95. The van der Waals surface area contributed by atoms with Crippen molar-refractivity contribution in [1.29, 1.82) is 0 Å². The van der Waals surface area contributed by atoms with E-state index in [2.05, 4.69) is 71.5 Å². The Morgan fingerprint density at radius 3 is 2.53 bits per heavy atom. The number of aromatic nitrogens is 3. The van der Waals surface area contributed by atoms with Gasteiger partial charge in [0, 0.05) is 17.8 Å². The molecule has 2 aliphatic rings. The number of para-hydroxylation sites is 1. The standard InChI is InChI=1S/C30H33N5O/c1-21-11-9-12-23(19-21)28-27-17-10-18-33(27)29-26(22(2)32-35(29)25-15-7-4-8-16-25)20-34(28)30(36)31-24-13-5-3-6-14-24/h4,7-12,15-19,24,28H,3,5-6,13-14,20H2,1-2H3,(H,31,36). The van der Waals surface area contributed by atoms with Gasteiger partial charge in [-0.1, -0.05) is 67.3 Å². The molecule has 4 aromatic rings. The number of hydrogen-bond donors (Lipinski definition) is 1. The quantitative estimate of drug-likeness (QED) is 0.379. The first-order valence-electron chi connectivity index (χ1n) is 13.1. The summed E-state index contributed by atoms with van der Waals surface area (Å²) in [5.74, 6) is 1.00. The maximum absolute atomic E-state index is 14.0. The minimum atomic E-state index is -0.209. The zero-order valence-electron chi connectivity index (χ0n) is 21.0. The first kappa shape index (κ1) is 22.7. The normalized spacial score (nSPS) is 17.8. The first-order valence-corrected chi connectivity index (χ1v) is 13.1. The Bertz CT molecular complexity index is 1380. The third-order valence-corrected chi connectivity index (χ3v) is 7.64. The smallest absolute Gasteiger partial charge is 0.318 e. The lowest BCUT2D eigenvalue weighted by Gasteiger charge is -2.33. The molecule has 2 aromatic heterocycles. The third-order valence-electron chi connectivity index (χ3n) is 7.64. The molecule has 2 amide bonds. The number of aryl methyl sites for hydroxylation is 2.